The summed E-state index contributed by atoms with van der Waals surface area (Å²) < 4.78 is 11.0. The second kappa shape index (κ2) is 11.4. The van der Waals surface area contributed by atoms with Crippen molar-refractivity contribution in [1.82, 2.24) is 5.43 Å². The lowest BCUT2D eigenvalue weighted by atomic mass is 10.1. The number of ether oxygens (including phenoxy) is 2. The Hall–Kier alpha value is -4.46. The predicted molar refractivity (Wildman–Crippen MR) is 129 cm³/mol. The molecule has 0 saturated heterocycles. The molecule has 8 heteroatoms. The summed E-state index contributed by atoms with van der Waals surface area (Å²) in [6.07, 6.45) is 0. The first-order valence-corrected chi connectivity index (χ1v) is 10.6. The smallest absolute Gasteiger partial charge is 0.343 e. The van der Waals surface area contributed by atoms with Gasteiger partial charge >= 0.3 is 17.8 Å². The van der Waals surface area contributed by atoms with Crippen LogP contribution in [-0.4, -0.2) is 30.1 Å². The third-order valence-electron chi connectivity index (χ3n) is 4.73. The molecule has 2 N–H and O–H groups in total. The van der Waals surface area contributed by atoms with E-state index in [1.807, 2.05) is 26.0 Å². The number of rotatable bonds is 7. The first kappa shape index (κ1) is 24.2. The number of esters is 1. The Morgan fingerprint density at radius 3 is 2.21 bits per heavy atom. The Labute approximate surface area is 197 Å². The van der Waals surface area contributed by atoms with E-state index in [2.05, 4.69) is 15.8 Å². The van der Waals surface area contributed by atoms with E-state index in [9.17, 15) is 14.4 Å². The van der Waals surface area contributed by atoms with E-state index in [0.29, 0.717) is 34.9 Å². The average molecular weight is 460 g/mol. The van der Waals surface area contributed by atoms with Crippen LogP contribution in [0.25, 0.3) is 0 Å². The summed E-state index contributed by atoms with van der Waals surface area (Å²) in [6.45, 7) is 5.78. The number of hydrogen-bond donors (Lipinski definition) is 2. The van der Waals surface area contributed by atoms with Gasteiger partial charge in [0.1, 0.15) is 11.5 Å². The minimum absolute atomic E-state index is 0.277. The lowest BCUT2D eigenvalue weighted by Crippen LogP contribution is -2.33. The molecule has 0 radical (unpaired) electrons. The molecule has 0 aliphatic carbocycles. The van der Waals surface area contributed by atoms with Gasteiger partial charge in [-0.2, -0.15) is 5.10 Å². The largest absolute Gasteiger partial charge is 0.492 e. The van der Waals surface area contributed by atoms with Crippen molar-refractivity contribution in [2.45, 2.75) is 20.8 Å². The third kappa shape index (κ3) is 6.29. The van der Waals surface area contributed by atoms with Crippen molar-refractivity contribution in [3.8, 4) is 11.5 Å². The zero-order chi connectivity index (χ0) is 24.5. The second-order valence-electron chi connectivity index (χ2n) is 7.27. The van der Waals surface area contributed by atoms with Crippen LogP contribution in [0.5, 0.6) is 11.5 Å². The maximum Gasteiger partial charge on any atom is 0.343 e. The number of aryl methyl sites for hydroxylation is 1. The van der Waals surface area contributed by atoms with Crippen molar-refractivity contribution in [3.63, 3.8) is 0 Å². The first-order valence-electron chi connectivity index (χ1n) is 10.6. The minimum atomic E-state index is -0.959. The quantitative estimate of drug-likeness (QED) is 0.182. The van der Waals surface area contributed by atoms with Crippen LogP contribution >= 0.6 is 0 Å². The van der Waals surface area contributed by atoms with Crippen molar-refractivity contribution in [2.75, 3.05) is 11.9 Å². The Kier molecular flexibility index (Phi) is 8.12. The van der Waals surface area contributed by atoms with Gasteiger partial charge in [0, 0.05) is 5.56 Å². The standard InChI is InChI=1S/C26H25N3O5/c1-4-33-23-12-8-6-10-21(23)27-24(30)25(31)29-28-18(3)20-9-5-7-11-22(20)34-26(32)19-15-13-17(2)14-16-19/h5-16H,4H2,1-3H3,(H,27,30)(H,29,31). The number of anilines is 1. The average Bonchev–Trinajstić information content (AvgIpc) is 2.84. The third-order valence-corrected chi connectivity index (χ3v) is 4.73. The van der Waals surface area contributed by atoms with E-state index >= 15 is 0 Å². The Balaban J connectivity index is 1.68. The lowest BCUT2D eigenvalue weighted by molar-refractivity contribution is -0.136. The van der Waals surface area contributed by atoms with E-state index in [0.717, 1.165) is 5.56 Å². The van der Waals surface area contributed by atoms with Crippen molar-refractivity contribution in [1.29, 1.82) is 0 Å². The van der Waals surface area contributed by atoms with Crippen molar-refractivity contribution >= 4 is 29.2 Å². The van der Waals surface area contributed by atoms with Gasteiger partial charge in [-0.15, -0.1) is 0 Å². The number of carbonyl (C=O) groups excluding carboxylic acids is 3. The number of hydrogen-bond acceptors (Lipinski definition) is 6. The summed E-state index contributed by atoms with van der Waals surface area (Å²) >= 11 is 0. The molecule has 0 heterocycles. The van der Waals surface area contributed by atoms with Crippen molar-refractivity contribution < 1.29 is 23.9 Å². The topological polar surface area (TPSA) is 106 Å². The monoisotopic (exact) mass is 459 g/mol. The van der Waals surface area contributed by atoms with Crippen LogP contribution in [0.4, 0.5) is 5.69 Å². The number of carbonyl (C=O) groups is 3. The number of nitrogens with one attached hydrogen (secondary N) is 2. The molecule has 0 unspecified atom stereocenters. The highest BCUT2D eigenvalue weighted by Gasteiger charge is 2.17. The van der Waals surface area contributed by atoms with Gasteiger partial charge < -0.3 is 14.8 Å². The minimum Gasteiger partial charge on any atom is -0.492 e. The molecule has 3 rings (SSSR count). The van der Waals surface area contributed by atoms with E-state index in [1.54, 1.807) is 67.6 Å². The Morgan fingerprint density at radius 2 is 1.50 bits per heavy atom. The highest BCUT2D eigenvalue weighted by Crippen LogP contribution is 2.23. The zero-order valence-corrected chi connectivity index (χ0v) is 19.1. The number of benzene rings is 3. The highest BCUT2D eigenvalue weighted by atomic mass is 16.5. The second-order valence-corrected chi connectivity index (χ2v) is 7.27. The molecule has 0 saturated carbocycles. The lowest BCUT2D eigenvalue weighted by Gasteiger charge is -2.11. The number of nitrogens with zero attached hydrogens (tertiary/aromatic N) is 1. The fraction of sp³-hybridized carbons (Fsp3) is 0.154. The van der Waals surface area contributed by atoms with E-state index < -0.39 is 17.8 Å². The fourth-order valence-corrected chi connectivity index (χ4v) is 2.98. The van der Waals surface area contributed by atoms with Crippen LogP contribution < -0.4 is 20.2 Å². The van der Waals surface area contributed by atoms with Gasteiger partial charge in [-0.25, -0.2) is 10.2 Å². The maximum absolute atomic E-state index is 12.5. The molecular formula is C26H25N3O5. The van der Waals surface area contributed by atoms with Gasteiger partial charge in [0.2, 0.25) is 0 Å². The van der Waals surface area contributed by atoms with Gasteiger partial charge in [0.05, 0.1) is 23.6 Å². The molecule has 174 valence electrons. The normalized spacial score (nSPS) is 10.9. The molecule has 3 aromatic carbocycles. The van der Waals surface area contributed by atoms with Crippen LogP contribution in [0.3, 0.4) is 0 Å². The first-order chi connectivity index (χ1) is 16.4. The Bertz CT molecular complexity index is 1220. The van der Waals surface area contributed by atoms with Gasteiger partial charge in [0.25, 0.3) is 0 Å². The molecule has 0 aliphatic heterocycles. The van der Waals surface area contributed by atoms with E-state index in [-0.39, 0.29) is 5.75 Å². The number of para-hydroxylation sites is 3. The molecule has 0 aromatic heterocycles. The van der Waals surface area contributed by atoms with Crippen LogP contribution in [-0.2, 0) is 9.59 Å². The molecule has 0 atom stereocenters. The zero-order valence-electron chi connectivity index (χ0n) is 19.1. The summed E-state index contributed by atoms with van der Waals surface area (Å²) in [7, 11) is 0. The number of amides is 2. The van der Waals surface area contributed by atoms with E-state index in [1.165, 1.54) is 0 Å². The molecule has 0 spiro atoms. The molecule has 2 amide bonds. The summed E-state index contributed by atoms with van der Waals surface area (Å²) in [4.78, 5) is 37.1. The molecule has 34 heavy (non-hydrogen) atoms. The molecule has 0 bridgehead atoms. The summed E-state index contributed by atoms with van der Waals surface area (Å²) in [5.74, 6) is -1.65. The van der Waals surface area contributed by atoms with Gasteiger partial charge in [0.15, 0.2) is 0 Å². The van der Waals surface area contributed by atoms with Gasteiger partial charge in [-0.05, 0) is 57.2 Å². The van der Waals surface area contributed by atoms with Crippen LogP contribution in [0, 0.1) is 6.92 Å². The SMILES string of the molecule is CCOc1ccccc1NC(=O)C(=O)NN=C(C)c1ccccc1OC(=O)c1ccc(C)cc1. The van der Waals surface area contributed by atoms with Crippen LogP contribution in [0.2, 0.25) is 0 Å². The molecule has 0 fully saturated rings. The summed E-state index contributed by atoms with van der Waals surface area (Å²) in [5, 5.41) is 6.51. The highest BCUT2D eigenvalue weighted by molar-refractivity contribution is 6.39. The molecule has 8 nitrogen and oxygen atoms in total. The van der Waals surface area contributed by atoms with E-state index in [4.69, 9.17) is 9.47 Å². The maximum atomic E-state index is 12.5. The molecule has 3 aromatic rings. The van der Waals surface area contributed by atoms with Gasteiger partial charge in [-0.1, -0.05) is 42.0 Å². The van der Waals surface area contributed by atoms with Gasteiger partial charge in [-0.3, -0.25) is 9.59 Å². The van der Waals surface area contributed by atoms with Crippen LogP contribution in [0.15, 0.2) is 77.9 Å². The number of hydrazone groups is 1. The van der Waals surface area contributed by atoms with Crippen molar-refractivity contribution in [3.05, 3.63) is 89.5 Å². The summed E-state index contributed by atoms with van der Waals surface area (Å²) in [5.41, 5.74) is 4.88. The Morgan fingerprint density at radius 1 is 0.853 bits per heavy atom. The van der Waals surface area contributed by atoms with Crippen molar-refractivity contribution in [2.24, 2.45) is 5.10 Å². The summed E-state index contributed by atoms with van der Waals surface area (Å²) in [6, 6.07) is 20.6. The molecule has 0 aliphatic rings. The fourth-order valence-electron chi connectivity index (χ4n) is 2.98. The molecular weight excluding hydrogens is 434 g/mol. The predicted octanol–water partition coefficient (Wildman–Crippen LogP) is 4.09. The van der Waals surface area contributed by atoms with Crippen LogP contribution in [0.1, 0.15) is 35.3 Å².